The van der Waals surface area contributed by atoms with Crippen LogP contribution in [-0.2, 0) is 0 Å². The van der Waals surface area contributed by atoms with Crippen LogP contribution >= 0.6 is 0 Å². The largest absolute Gasteiger partial charge is 0.493 e. The molecule has 21 heavy (non-hydrogen) atoms. The van der Waals surface area contributed by atoms with Gasteiger partial charge < -0.3 is 14.6 Å². The Morgan fingerprint density at radius 2 is 2.19 bits per heavy atom. The molecule has 112 valence electrons. The van der Waals surface area contributed by atoms with E-state index in [-0.39, 0.29) is 5.82 Å². The highest BCUT2D eigenvalue weighted by molar-refractivity contribution is 5.83. The average Bonchev–Trinajstić information content (AvgIpc) is 2.98. The standard InChI is InChI=1S/C14H17N3O4/c1-3-4-7-21-10-6-5-9(8-11(10)20-2)12-15-13(14(18)19)17-16-12/h5-6,8H,3-4,7H2,1-2H3,(H,18,19)(H,15,16,17). The van der Waals surface area contributed by atoms with Crippen LogP contribution in [-0.4, -0.2) is 40.0 Å². The Hall–Kier alpha value is -2.57. The number of benzene rings is 1. The third-order valence-corrected chi connectivity index (χ3v) is 2.87. The van der Waals surface area contributed by atoms with Gasteiger partial charge in [0.15, 0.2) is 17.3 Å². The van der Waals surface area contributed by atoms with Crippen LogP contribution in [0.15, 0.2) is 18.2 Å². The molecule has 0 aliphatic heterocycles. The second kappa shape index (κ2) is 6.74. The normalized spacial score (nSPS) is 10.4. The van der Waals surface area contributed by atoms with Crippen molar-refractivity contribution < 1.29 is 19.4 Å². The lowest BCUT2D eigenvalue weighted by Crippen LogP contribution is -1.99. The third-order valence-electron chi connectivity index (χ3n) is 2.87. The van der Waals surface area contributed by atoms with E-state index < -0.39 is 5.97 Å². The van der Waals surface area contributed by atoms with Crippen LogP contribution in [0.5, 0.6) is 11.5 Å². The number of unbranched alkanes of at least 4 members (excludes halogenated alkanes) is 1. The second-order valence-corrected chi connectivity index (χ2v) is 4.38. The maximum atomic E-state index is 10.8. The lowest BCUT2D eigenvalue weighted by atomic mass is 10.2. The number of rotatable bonds is 7. The zero-order valence-corrected chi connectivity index (χ0v) is 11.9. The number of carboxylic acids is 1. The summed E-state index contributed by atoms with van der Waals surface area (Å²) in [6.45, 7) is 2.71. The first-order chi connectivity index (χ1) is 10.2. The summed E-state index contributed by atoms with van der Waals surface area (Å²) in [5.74, 6) is 0.146. The van der Waals surface area contributed by atoms with Gasteiger partial charge in [-0.25, -0.2) is 9.78 Å². The quantitative estimate of drug-likeness (QED) is 0.760. The van der Waals surface area contributed by atoms with Crippen molar-refractivity contribution in [1.82, 2.24) is 15.2 Å². The van der Waals surface area contributed by atoms with Gasteiger partial charge in [0.05, 0.1) is 13.7 Å². The van der Waals surface area contributed by atoms with Crippen molar-refractivity contribution in [3.63, 3.8) is 0 Å². The van der Waals surface area contributed by atoms with E-state index in [2.05, 4.69) is 22.1 Å². The number of aromatic carboxylic acids is 1. The summed E-state index contributed by atoms with van der Waals surface area (Å²) < 4.78 is 10.9. The number of nitrogens with zero attached hydrogens (tertiary/aromatic N) is 2. The fraction of sp³-hybridized carbons (Fsp3) is 0.357. The Morgan fingerprint density at radius 3 is 2.81 bits per heavy atom. The van der Waals surface area contributed by atoms with E-state index >= 15 is 0 Å². The Kier molecular flexibility index (Phi) is 4.76. The average molecular weight is 291 g/mol. The first-order valence-corrected chi connectivity index (χ1v) is 6.62. The third kappa shape index (κ3) is 3.50. The zero-order chi connectivity index (χ0) is 15.2. The van der Waals surface area contributed by atoms with Gasteiger partial charge in [-0.05, 0) is 24.6 Å². The number of hydrogen-bond acceptors (Lipinski definition) is 5. The summed E-state index contributed by atoms with van der Waals surface area (Å²) in [5.41, 5.74) is 0.651. The Balaban J connectivity index is 2.22. The molecule has 7 heteroatoms. The van der Waals surface area contributed by atoms with Crippen molar-refractivity contribution in [1.29, 1.82) is 0 Å². The molecule has 1 aromatic heterocycles. The number of nitrogens with one attached hydrogen (secondary N) is 1. The molecule has 0 bridgehead atoms. The molecule has 0 saturated carbocycles. The highest BCUT2D eigenvalue weighted by Crippen LogP contribution is 2.31. The number of carboxylic acid groups (broad SMARTS) is 1. The fourth-order valence-corrected chi connectivity index (χ4v) is 1.74. The van der Waals surface area contributed by atoms with Crippen molar-refractivity contribution in [2.24, 2.45) is 0 Å². The van der Waals surface area contributed by atoms with Crippen LogP contribution in [0.25, 0.3) is 11.4 Å². The molecule has 1 aromatic carbocycles. The first kappa shape index (κ1) is 14.8. The predicted molar refractivity (Wildman–Crippen MR) is 75.7 cm³/mol. The van der Waals surface area contributed by atoms with Gasteiger partial charge in [-0.15, -0.1) is 0 Å². The van der Waals surface area contributed by atoms with E-state index in [0.717, 1.165) is 12.8 Å². The molecular weight excluding hydrogens is 274 g/mol. The maximum Gasteiger partial charge on any atom is 0.373 e. The van der Waals surface area contributed by atoms with Crippen molar-refractivity contribution >= 4 is 5.97 Å². The molecule has 7 nitrogen and oxygen atoms in total. The summed E-state index contributed by atoms with van der Waals surface area (Å²) in [7, 11) is 1.55. The predicted octanol–water partition coefficient (Wildman–Crippen LogP) is 2.36. The molecule has 0 unspecified atom stereocenters. The van der Waals surface area contributed by atoms with Gasteiger partial charge in [-0.3, -0.25) is 5.10 Å². The minimum absolute atomic E-state index is 0.202. The van der Waals surface area contributed by atoms with Gasteiger partial charge >= 0.3 is 5.97 Å². The number of carbonyl (C=O) groups is 1. The van der Waals surface area contributed by atoms with E-state index in [0.29, 0.717) is 29.5 Å². The van der Waals surface area contributed by atoms with Gasteiger partial charge in [0.1, 0.15) is 0 Å². The van der Waals surface area contributed by atoms with Crippen LogP contribution in [0.1, 0.15) is 30.4 Å². The summed E-state index contributed by atoms with van der Waals surface area (Å²) in [6.07, 6.45) is 2.02. The van der Waals surface area contributed by atoms with Crippen molar-refractivity contribution in [2.75, 3.05) is 13.7 Å². The van der Waals surface area contributed by atoms with E-state index in [1.165, 1.54) is 0 Å². The van der Waals surface area contributed by atoms with Gasteiger partial charge in [0.2, 0.25) is 5.82 Å². The molecule has 0 saturated heterocycles. The summed E-state index contributed by atoms with van der Waals surface area (Å²) >= 11 is 0. The van der Waals surface area contributed by atoms with Crippen LogP contribution < -0.4 is 9.47 Å². The minimum atomic E-state index is -1.15. The molecule has 0 radical (unpaired) electrons. The zero-order valence-electron chi connectivity index (χ0n) is 11.9. The first-order valence-electron chi connectivity index (χ1n) is 6.62. The maximum absolute atomic E-state index is 10.8. The Morgan fingerprint density at radius 1 is 1.38 bits per heavy atom. The lowest BCUT2D eigenvalue weighted by molar-refractivity contribution is 0.0684. The van der Waals surface area contributed by atoms with Gasteiger partial charge in [0.25, 0.3) is 0 Å². The number of aromatic nitrogens is 3. The molecule has 2 rings (SSSR count). The smallest absolute Gasteiger partial charge is 0.373 e. The molecule has 2 N–H and O–H groups in total. The second-order valence-electron chi connectivity index (χ2n) is 4.38. The SMILES string of the molecule is CCCCOc1ccc(-c2n[nH]c(C(=O)O)n2)cc1OC. The molecule has 0 amide bonds. The van der Waals surface area contributed by atoms with Crippen LogP contribution in [0.4, 0.5) is 0 Å². The number of methoxy groups -OCH3 is 1. The van der Waals surface area contributed by atoms with Crippen molar-refractivity contribution in [3.8, 4) is 22.9 Å². The summed E-state index contributed by atoms with van der Waals surface area (Å²) in [5, 5.41) is 15.1. The molecule has 0 atom stereocenters. The minimum Gasteiger partial charge on any atom is -0.493 e. The molecule has 2 aromatic rings. The molecule has 0 aliphatic carbocycles. The molecular formula is C14H17N3O4. The van der Waals surface area contributed by atoms with Crippen LogP contribution in [0.2, 0.25) is 0 Å². The van der Waals surface area contributed by atoms with Gasteiger partial charge in [0, 0.05) is 5.56 Å². The van der Waals surface area contributed by atoms with Gasteiger partial charge in [-0.1, -0.05) is 13.3 Å². The summed E-state index contributed by atoms with van der Waals surface area (Å²) in [4.78, 5) is 14.7. The fourth-order valence-electron chi connectivity index (χ4n) is 1.74. The van der Waals surface area contributed by atoms with Crippen LogP contribution in [0.3, 0.4) is 0 Å². The van der Waals surface area contributed by atoms with E-state index in [1.807, 2.05) is 0 Å². The Labute approximate surface area is 121 Å². The highest BCUT2D eigenvalue weighted by Gasteiger charge is 2.13. The summed E-state index contributed by atoms with van der Waals surface area (Å²) in [6, 6.07) is 5.25. The topological polar surface area (TPSA) is 97.3 Å². The highest BCUT2D eigenvalue weighted by atomic mass is 16.5. The molecule has 1 heterocycles. The number of H-pyrrole nitrogens is 1. The van der Waals surface area contributed by atoms with Gasteiger partial charge in [-0.2, -0.15) is 5.10 Å². The van der Waals surface area contributed by atoms with E-state index in [9.17, 15) is 4.79 Å². The Bertz CT molecular complexity index is 624. The molecule has 0 aliphatic rings. The van der Waals surface area contributed by atoms with Crippen LogP contribution in [0, 0.1) is 0 Å². The number of ether oxygens (including phenoxy) is 2. The molecule has 0 spiro atoms. The number of aromatic amines is 1. The van der Waals surface area contributed by atoms with E-state index in [4.69, 9.17) is 14.6 Å². The molecule has 0 fully saturated rings. The monoisotopic (exact) mass is 291 g/mol. The number of hydrogen-bond donors (Lipinski definition) is 2. The van der Waals surface area contributed by atoms with Crippen molar-refractivity contribution in [3.05, 3.63) is 24.0 Å². The lowest BCUT2D eigenvalue weighted by Gasteiger charge is -2.11. The van der Waals surface area contributed by atoms with Crippen molar-refractivity contribution in [2.45, 2.75) is 19.8 Å². The van der Waals surface area contributed by atoms with E-state index in [1.54, 1.807) is 25.3 Å².